The second-order valence-electron chi connectivity index (χ2n) is 5.36. The number of ether oxygens (including phenoxy) is 2. The van der Waals surface area contributed by atoms with Gasteiger partial charge in [0.25, 0.3) is 0 Å². The average molecular weight is 320 g/mol. The molecule has 0 saturated heterocycles. The first kappa shape index (κ1) is 16.8. The number of esters is 1. The minimum absolute atomic E-state index is 0.377. The van der Waals surface area contributed by atoms with Gasteiger partial charge in [-0.25, -0.2) is 4.79 Å². The molecule has 1 fully saturated rings. The van der Waals surface area contributed by atoms with Crippen LogP contribution in [0.3, 0.4) is 0 Å². The Morgan fingerprint density at radius 1 is 1.17 bits per heavy atom. The molecule has 1 atom stereocenters. The van der Waals surface area contributed by atoms with E-state index in [1.165, 1.54) is 0 Å². The summed E-state index contributed by atoms with van der Waals surface area (Å²) >= 11 is 0. The molecule has 1 aromatic carbocycles. The first-order valence-electron chi connectivity index (χ1n) is 7.43. The van der Waals surface area contributed by atoms with Crippen molar-refractivity contribution < 1.29 is 23.9 Å². The minimum Gasteiger partial charge on any atom is -0.497 e. The van der Waals surface area contributed by atoms with Gasteiger partial charge in [0.05, 0.1) is 12.7 Å². The van der Waals surface area contributed by atoms with E-state index in [0.717, 1.165) is 12.8 Å². The number of benzene rings is 1. The highest BCUT2D eigenvalue weighted by Gasteiger charge is 2.43. The molecular formula is C16H20N2O5. The summed E-state index contributed by atoms with van der Waals surface area (Å²) in [7, 11) is 1.54. The van der Waals surface area contributed by atoms with Crippen molar-refractivity contribution >= 4 is 18.8 Å². The van der Waals surface area contributed by atoms with Crippen LogP contribution in [-0.2, 0) is 14.3 Å². The fraction of sp³-hybridized carbons (Fsp3) is 0.438. The average Bonchev–Trinajstić information content (AvgIpc) is 2.57. The van der Waals surface area contributed by atoms with Crippen molar-refractivity contribution in [1.82, 2.24) is 10.6 Å². The molecule has 0 bridgehead atoms. The van der Waals surface area contributed by atoms with Gasteiger partial charge < -0.3 is 20.1 Å². The lowest BCUT2D eigenvalue weighted by atomic mass is 9.86. The van der Waals surface area contributed by atoms with E-state index in [-0.39, 0.29) is 0 Å². The molecular weight excluding hydrogens is 300 g/mol. The normalized spacial score (nSPS) is 19.3. The third kappa shape index (κ3) is 3.80. The molecule has 1 saturated carbocycles. The lowest BCUT2D eigenvalue weighted by Gasteiger charge is -2.42. The van der Waals surface area contributed by atoms with Crippen molar-refractivity contribution in [3.63, 3.8) is 0 Å². The van der Waals surface area contributed by atoms with Crippen molar-refractivity contribution in [3.8, 4) is 5.75 Å². The summed E-state index contributed by atoms with van der Waals surface area (Å²) in [6.45, 7) is 0. The SMILES string of the molecule is COc1ccc(C(=O)OC2CCCCC2(NC=O)NC=O)cc1. The van der Waals surface area contributed by atoms with Crippen molar-refractivity contribution in [2.75, 3.05) is 7.11 Å². The highest BCUT2D eigenvalue weighted by atomic mass is 16.5. The van der Waals surface area contributed by atoms with Crippen LogP contribution in [0.15, 0.2) is 24.3 Å². The smallest absolute Gasteiger partial charge is 0.338 e. The van der Waals surface area contributed by atoms with Crippen LogP contribution in [0.5, 0.6) is 5.75 Å². The molecule has 7 nitrogen and oxygen atoms in total. The topological polar surface area (TPSA) is 93.7 Å². The number of hydrogen-bond acceptors (Lipinski definition) is 5. The third-order valence-corrected chi connectivity index (χ3v) is 4.05. The predicted molar refractivity (Wildman–Crippen MR) is 81.8 cm³/mol. The number of amides is 2. The molecule has 2 amide bonds. The lowest BCUT2D eigenvalue weighted by molar-refractivity contribution is -0.120. The van der Waals surface area contributed by atoms with E-state index in [9.17, 15) is 14.4 Å². The van der Waals surface area contributed by atoms with Gasteiger partial charge in [-0.05, 0) is 49.9 Å². The van der Waals surface area contributed by atoms with Gasteiger partial charge in [0, 0.05) is 0 Å². The Morgan fingerprint density at radius 3 is 2.39 bits per heavy atom. The second-order valence-corrected chi connectivity index (χ2v) is 5.36. The van der Waals surface area contributed by atoms with Gasteiger partial charge in [0.1, 0.15) is 17.5 Å². The summed E-state index contributed by atoms with van der Waals surface area (Å²) in [5.41, 5.74) is -0.674. The van der Waals surface area contributed by atoms with E-state index in [1.807, 2.05) is 0 Å². The summed E-state index contributed by atoms with van der Waals surface area (Å²) in [6, 6.07) is 6.54. The molecule has 0 spiro atoms. The number of methoxy groups -OCH3 is 1. The molecule has 0 aromatic heterocycles. The van der Waals surface area contributed by atoms with Gasteiger partial charge in [0.2, 0.25) is 12.8 Å². The summed E-state index contributed by atoms with van der Waals surface area (Å²) in [6.07, 6.45) is 3.13. The molecule has 1 aromatic rings. The fourth-order valence-corrected chi connectivity index (χ4v) is 2.81. The van der Waals surface area contributed by atoms with Crippen LogP contribution >= 0.6 is 0 Å². The van der Waals surface area contributed by atoms with E-state index in [0.29, 0.717) is 37.0 Å². The highest BCUT2D eigenvalue weighted by Crippen LogP contribution is 2.29. The van der Waals surface area contributed by atoms with E-state index in [4.69, 9.17) is 9.47 Å². The van der Waals surface area contributed by atoms with Crippen LogP contribution in [0.4, 0.5) is 0 Å². The summed E-state index contributed by atoms with van der Waals surface area (Å²) in [4.78, 5) is 34.1. The highest BCUT2D eigenvalue weighted by molar-refractivity contribution is 5.89. The minimum atomic E-state index is -1.05. The fourth-order valence-electron chi connectivity index (χ4n) is 2.81. The van der Waals surface area contributed by atoms with Crippen molar-refractivity contribution in [3.05, 3.63) is 29.8 Å². The third-order valence-electron chi connectivity index (χ3n) is 4.05. The number of carbonyl (C=O) groups excluding carboxylic acids is 3. The molecule has 2 rings (SSSR count). The van der Waals surface area contributed by atoms with Crippen LogP contribution in [0.1, 0.15) is 36.0 Å². The number of nitrogens with one attached hydrogen (secondary N) is 2. The van der Waals surface area contributed by atoms with Gasteiger partial charge in [-0.1, -0.05) is 0 Å². The van der Waals surface area contributed by atoms with Crippen LogP contribution in [0, 0.1) is 0 Å². The Hall–Kier alpha value is -2.57. The maximum absolute atomic E-state index is 12.3. The Bertz CT molecular complexity index is 548. The van der Waals surface area contributed by atoms with Gasteiger partial charge in [0.15, 0.2) is 0 Å². The molecule has 7 heteroatoms. The zero-order valence-electron chi connectivity index (χ0n) is 12.9. The van der Waals surface area contributed by atoms with Crippen LogP contribution in [0.25, 0.3) is 0 Å². The molecule has 1 aliphatic rings. The Balaban J connectivity index is 2.14. The first-order valence-corrected chi connectivity index (χ1v) is 7.43. The van der Waals surface area contributed by atoms with Crippen molar-refractivity contribution in [1.29, 1.82) is 0 Å². The molecule has 23 heavy (non-hydrogen) atoms. The van der Waals surface area contributed by atoms with Gasteiger partial charge in [-0.3, -0.25) is 9.59 Å². The van der Waals surface area contributed by atoms with Gasteiger partial charge in [-0.2, -0.15) is 0 Å². The van der Waals surface area contributed by atoms with Crippen LogP contribution in [-0.4, -0.2) is 37.7 Å². The predicted octanol–water partition coefficient (Wildman–Crippen LogP) is 0.983. The van der Waals surface area contributed by atoms with Crippen molar-refractivity contribution in [2.45, 2.75) is 37.5 Å². The Morgan fingerprint density at radius 2 is 1.83 bits per heavy atom. The van der Waals surface area contributed by atoms with E-state index >= 15 is 0 Å². The molecule has 0 radical (unpaired) electrons. The second kappa shape index (κ2) is 7.62. The maximum atomic E-state index is 12.3. The zero-order chi connectivity index (χ0) is 16.7. The monoisotopic (exact) mass is 320 g/mol. The van der Waals surface area contributed by atoms with Crippen LogP contribution in [0.2, 0.25) is 0 Å². The largest absolute Gasteiger partial charge is 0.497 e. The Kier molecular flexibility index (Phi) is 5.56. The number of hydrogen-bond donors (Lipinski definition) is 2. The van der Waals surface area contributed by atoms with Gasteiger partial charge in [-0.15, -0.1) is 0 Å². The molecule has 1 aliphatic carbocycles. The number of carbonyl (C=O) groups is 3. The van der Waals surface area contributed by atoms with E-state index in [1.54, 1.807) is 31.4 Å². The zero-order valence-corrected chi connectivity index (χ0v) is 12.9. The Labute approximate surface area is 134 Å². The molecule has 2 N–H and O–H groups in total. The first-order chi connectivity index (χ1) is 11.1. The summed E-state index contributed by atoms with van der Waals surface area (Å²) in [5.74, 6) is 0.128. The van der Waals surface area contributed by atoms with E-state index < -0.39 is 17.7 Å². The number of rotatable bonds is 7. The summed E-state index contributed by atoms with van der Waals surface area (Å²) in [5, 5.41) is 5.21. The maximum Gasteiger partial charge on any atom is 0.338 e. The molecule has 0 aliphatic heterocycles. The lowest BCUT2D eigenvalue weighted by Crippen LogP contribution is -2.65. The standard InChI is InChI=1S/C16H20N2O5/c1-22-13-7-5-12(6-8-13)15(21)23-14-4-2-3-9-16(14,17-10-19)18-11-20/h5-8,10-11,14H,2-4,9H2,1H3,(H,17,19)(H,18,20). The van der Waals surface area contributed by atoms with Crippen molar-refractivity contribution in [2.24, 2.45) is 0 Å². The molecule has 0 heterocycles. The molecule has 1 unspecified atom stereocenters. The van der Waals surface area contributed by atoms with E-state index in [2.05, 4.69) is 10.6 Å². The van der Waals surface area contributed by atoms with Crippen LogP contribution < -0.4 is 15.4 Å². The van der Waals surface area contributed by atoms with Gasteiger partial charge >= 0.3 is 5.97 Å². The summed E-state index contributed by atoms with van der Waals surface area (Å²) < 4.78 is 10.6. The quantitative estimate of drug-likeness (QED) is 0.444. The molecule has 124 valence electrons.